The van der Waals surface area contributed by atoms with Gasteiger partial charge in [0.1, 0.15) is 11.7 Å². The molecule has 198 valence electrons. The highest BCUT2D eigenvalue weighted by Crippen LogP contribution is 2.54. The van der Waals surface area contributed by atoms with E-state index in [1.165, 1.54) is 4.90 Å². The van der Waals surface area contributed by atoms with Crippen molar-refractivity contribution in [1.29, 1.82) is 0 Å². The number of rotatable bonds is 6. The number of aromatic amines is 1. The van der Waals surface area contributed by atoms with E-state index in [0.717, 1.165) is 43.9 Å². The van der Waals surface area contributed by atoms with Crippen LogP contribution in [0.5, 0.6) is 0 Å². The summed E-state index contributed by atoms with van der Waals surface area (Å²) >= 11 is 6.34. The van der Waals surface area contributed by atoms with Crippen molar-refractivity contribution in [2.24, 2.45) is 28.7 Å². The van der Waals surface area contributed by atoms with Gasteiger partial charge in [-0.3, -0.25) is 19.2 Å². The van der Waals surface area contributed by atoms with Crippen molar-refractivity contribution in [2.75, 3.05) is 6.54 Å². The minimum absolute atomic E-state index is 0.0946. The largest absolute Gasteiger partial charge is 0.369 e. The molecule has 4 amide bonds. The molecule has 9 nitrogen and oxygen atoms in total. The molecule has 3 heterocycles. The number of carbonyl (C=O) groups is 4. The fraction of sp³-hybridized carbons (Fsp3) is 0.556. The number of hydrogen-bond donors (Lipinski definition) is 4. The Bertz CT molecular complexity index is 1240. The van der Waals surface area contributed by atoms with Gasteiger partial charge in [-0.15, -0.1) is 0 Å². The fourth-order valence-electron chi connectivity index (χ4n) is 7.12. The Hall–Kier alpha value is -3.07. The molecule has 3 aliphatic rings. The molecule has 1 saturated carbocycles. The summed E-state index contributed by atoms with van der Waals surface area (Å²) < 4.78 is 0. The molecule has 37 heavy (non-hydrogen) atoms. The Kier molecular flexibility index (Phi) is 6.91. The van der Waals surface area contributed by atoms with Crippen LogP contribution in [-0.4, -0.2) is 52.1 Å². The highest BCUT2D eigenvalue weighted by Gasteiger charge is 2.59. The van der Waals surface area contributed by atoms with Gasteiger partial charge >= 0.3 is 0 Å². The van der Waals surface area contributed by atoms with Gasteiger partial charge in [-0.2, -0.15) is 0 Å². The van der Waals surface area contributed by atoms with Crippen molar-refractivity contribution < 1.29 is 19.2 Å². The van der Waals surface area contributed by atoms with Crippen LogP contribution >= 0.6 is 11.6 Å². The summed E-state index contributed by atoms with van der Waals surface area (Å²) in [5.41, 5.74) is 12.3. The second-order valence-corrected chi connectivity index (χ2v) is 11.4. The molecule has 0 bridgehead atoms. The number of piperidine rings is 1. The maximum atomic E-state index is 14.2. The van der Waals surface area contributed by atoms with Gasteiger partial charge in [-0.1, -0.05) is 43.0 Å². The van der Waals surface area contributed by atoms with Crippen molar-refractivity contribution in [2.45, 2.75) is 69.9 Å². The second kappa shape index (κ2) is 10.0. The number of aromatic nitrogens is 1. The molecule has 2 saturated heterocycles. The van der Waals surface area contributed by atoms with Crippen LogP contribution < -0.4 is 16.8 Å². The Labute approximate surface area is 220 Å². The zero-order valence-electron chi connectivity index (χ0n) is 20.8. The van der Waals surface area contributed by atoms with Crippen molar-refractivity contribution in [3.63, 3.8) is 0 Å². The number of likely N-dealkylation sites (tertiary alicyclic amines) is 1. The first-order valence-electron chi connectivity index (χ1n) is 13.2. The minimum atomic E-state index is -0.875. The number of amides is 4. The van der Waals surface area contributed by atoms with Gasteiger partial charge in [0.2, 0.25) is 17.7 Å². The van der Waals surface area contributed by atoms with E-state index in [-0.39, 0.29) is 23.9 Å². The summed E-state index contributed by atoms with van der Waals surface area (Å²) in [6.07, 6.45) is 6.55. The Morgan fingerprint density at radius 3 is 2.54 bits per heavy atom. The van der Waals surface area contributed by atoms with Gasteiger partial charge in [0.25, 0.3) is 5.91 Å². The first kappa shape index (κ1) is 25.6. The van der Waals surface area contributed by atoms with E-state index >= 15 is 0 Å². The van der Waals surface area contributed by atoms with E-state index in [0.29, 0.717) is 29.9 Å². The van der Waals surface area contributed by atoms with E-state index in [9.17, 15) is 19.2 Å². The van der Waals surface area contributed by atoms with Crippen LogP contribution in [0.15, 0.2) is 24.3 Å². The average molecular weight is 528 g/mol. The quantitative estimate of drug-likeness (QED) is 0.456. The summed E-state index contributed by atoms with van der Waals surface area (Å²) in [5, 5.41) is 4.12. The van der Waals surface area contributed by atoms with Gasteiger partial charge in [-0.25, -0.2) is 0 Å². The highest BCUT2D eigenvalue weighted by molar-refractivity contribution is 6.35. The molecule has 1 aromatic heterocycles. The van der Waals surface area contributed by atoms with E-state index < -0.39 is 41.1 Å². The first-order chi connectivity index (χ1) is 17.7. The predicted octanol–water partition coefficient (Wildman–Crippen LogP) is 2.86. The number of para-hydroxylation sites is 1. The number of primary amides is 2. The SMILES string of the molecule is NC(=O)C1CC2(CCCCC2)C([C@H](C[C@@H]2CCCNC2=O)C(N)=O)N1C(=O)c1cc2cccc(Cl)c2[nH]1. The molecule has 10 heteroatoms. The first-order valence-corrected chi connectivity index (χ1v) is 13.6. The third kappa shape index (κ3) is 4.58. The molecule has 6 N–H and O–H groups in total. The number of carbonyl (C=O) groups excluding carboxylic acids is 4. The zero-order chi connectivity index (χ0) is 26.3. The lowest BCUT2D eigenvalue weighted by Gasteiger charge is -2.44. The van der Waals surface area contributed by atoms with Crippen LogP contribution in [-0.2, 0) is 14.4 Å². The molecular weight excluding hydrogens is 494 g/mol. The smallest absolute Gasteiger partial charge is 0.271 e. The van der Waals surface area contributed by atoms with Gasteiger partial charge in [0.15, 0.2) is 0 Å². The maximum Gasteiger partial charge on any atom is 0.271 e. The topological polar surface area (TPSA) is 151 Å². The lowest BCUT2D eigenvalue weighted by atomic mass is 9.64. The number of halogens is 1. The number of benzene rings is 1. The Morgan fingerprint density at radius 1 is 1.14 bits per heavy atom. The Morgan fingerprint density at radius 2 is 1.89 bits per heavy atom. The lowest BCUT2D eigenvalue weighted by molar-refractivity contribution is -0.131. The average Bonchev–Trinajstić information content (AvgIpc) is 3.44. The van der Waals surface area contributed by atoms with Gasteiger partial charge in [-0.05, 0) is 56.1 Å². The highest BCUT2D eigenvalue weighted by atomic mass is 35.5. The van der Waals surface area contributed by atoms with Gasteiger partial charge < -0.3 is 26.7 Å². The van der Waals surface area contributed by atoms with E-state index in [4.69, 9.17) is 23.1 Å². The summed E-state index contributed by atoms with van der Waals surface area (Å²) in [7, 11) is 0. The molecule has 0 radical (unpaired) electrons. The van der Waals surface area contributed by atoms with Crippen LogP contribution in [0.25, 0.3) is 10.9 Å². The number of H-pyrrole nitrogens is 1. The number of nitrogens with one attached hydrogen (secondary N) is 2. The summed E-state index contributed by atoms with van der Waals surface area (Å²) in [4.78, 5) is 57.3. The molecule has 1 spiro atoms. The second-order valence-electron chi connectivity index (χ2n) is 11.0. The lowest BCUT2D eigenvalue weighted by Crippen LogP contribution is -2.56. The standard InChI is InChI=1S/C27H34ClN5O4/c28-18-8-4-6-15-13-19(32-21(15)18)26(37)33-20(24(30)35)14-27(9-2-1-3-10-27)22(33)17(23(29)34)12-16-7-5-11-31-25(16)36/h4,6,8,13,16-17,20,22,32H,1-3,5,7,9-12,14H2,(H2,29,34)(H2,30,35)(H,31,36)/t16-,17-,20?,22?/m0/s1. The van der Waals surface area contributed by atoms with Gasteiger partial charge in [0, 0.05) is 17.8 Å². The van der Waals surface area contributed by atoms with Crippen LogP contribution in [0.3, 0.4) is 0 Å². The summed E-state index contributed by atoms with van der Waals surface area (Å²) in [5.74, 6) is -2.83. The van der Waals surface area contributed by atoms with E-state index in [1.807, 2.05) is 6.07 Å². The molecule has 1 aliphatic carbocycles. The van der Waals surface area contributed by atoms with Crippen molar-refractivity contribution in [3.8, 4) is 0 Å². The number of nitrogens with zero attached hydrogens (tertiary/aromatic N) is 1. The molecule has 2 aliphatic heterocycles. The van der Waals surface area contributed by atoms with Crippen LogP contribution in [0.2, 0.25) is 5.02 Å². The van der Waals surface area contributed by atoms with E-state index in [1.54, 1.807) is 18.2 Å². The van der Waals surface area contributed by atoms with Crippen molar-refractivity contribution in [3.05, 3.63) is 35.0 Å². The van der Waals surface area contributed by atoms with Gasteiger partial charge in [0.05, 0.1) is 22.5 Å². The fourth-order valence-corrected chi connectivity index (χ4v) is 7.35. The minimum Gasteiger partial charge on any atom is -0.369 e. The van der Waals surface area contributed by atoms with Crippen molar-refractivity contribution >= 4 is 46.1 Å². The monoisotopic (exact) mass is 527 g/mol. The Balaban J connectivity index is 1.60. The molecule has 5 rings (SSSR count). The molecular formula is C27H34ClN5O4. The molecule has 4 atom stereocenters. The molecule has 2 unspecified atom stereocenters. The van der Waals surface area contributed by atoms with Crippen LogP contribution in [0, 0.1) is 17.3 Å². The number of fused-ring (bicyclic) bond motifs is 1. The van der Waals surface area contributed by atoms with E-state index in [2.05, 4.69) is 10.3 Å². The van der Waals surface area contributed by atoms with Crippen LogP contribution in [0.1, 0.15) is 68.3 Å². The predicted molar refractivity (Wildman–Crippen MR) is 139 cm³/mol. The summed E-state index contributed by atoms with van der Waals surface area (Å²) in [6, 6.07) is 5.57. The molecule has 3 fully saturated rings. The molecule has 1 aromatic carbocycles. The van der Waals surface area contributed by atoms with Crippen LogP contribution in [0.4, 0.5) is 0 Å². The van der Waals surface area contributed by atoms with Crippen molar-refractivity contribution in [1.82, 2.24) is 15.2 Å². The third-order valence-corrected chi connectivity index (χ3v) is 9.11. The third-order valence-electron chi connectivity index (χ3n) is 8.80. The zero-order valence-corrected chi connectivity index (χ0v) is 21.6. The number of nitrogens with two attached hydrogens (primary N) is 2. The molecule has 2 aromatic rings. The normalized spacial score (nSPS) is 26.2. The summed E-state index contributed by atoms with van der Waals surface area (Å²) in [6.45, 7) is 0.612. The maximum absolute atomic E-state index is 14.2. The number of hydrogen-bond acceptors (Lipinski definition) is 4.